The molecular weight excluding hydrogens is 178 g/mol. The van der Waals surface area contributed by atoms with E-state index >= 15 is 0 Å². The number of rotatable bonds is 3. The molecule has 0 aliphatic carbocycles. The molecule has 0 aromatic heterocycles. The highest BCUT2D eigenvalue weighted by molar-refractivity contribution is 6.38. The van der Waals surface area contributed by atoms with Gasteiger partial charge in [0.05, 0.1) is 0 Å². The maximum Gasteiger partial charge on any atom is 0.267 e. The summed E-state index contributed by atoms with van der Waals surface area (Å²) in [5, 5.41) is 6.67. The Bertz CT molecular complexity index is 261. The summed E-state index contributed by atoms with van der Waals surface area (Å²) in [6.07, 6.45) is 0. The Hall–Kier alpha value is -1.32. The summed E-state index contributed by atoms with van der Waals surface area (Å²) in [6, 6.07) is 0. The van der Waals surface area contributed by atoms with Gasteiger partial charge in [0.15, 0.2) is 0 Å². The standard InChI is InChI=1S/C10H19N3O/c1-7(2)12-13-8(3)9(14)11-10(4,5)6/h12H,1H2,2-6H3,(H,11,14)/b13-8+. The van der Waals surface area contributed by atoms with Crippen molar-refractivity contribution in [1.82, 2.24) is 10.7 Å². The van der Waals surface area contributed by atoms with Crippen LogP contribution in [0, 0.1) is 0 Å². The molecular formula is C10H19N3O. The van der Waals surface area contributed by atoms with Crippen molar-refractivity contribution in [3.8, 4) is 0 Å². The highest BCUT2D eigenvalue weighted by atomic mass is 16.2. The predicted octanol–water partition coefficient (Wildman–Crippen LogP) is 1.40. The average Bonchev–Trinajstić information content (AvgIpc) is 1.96. The van der Waals surface area contributed by atoms with Crippen LogP contribution in [-0.4, -0.2) is 17.2 Å². The zero-order valence-electron chi connectivity index (χ0n) is 9.56. The summed E-state index contributed by atoms with van der Waals surface area (Å²) in [4.78, 5) is 11.5. The second-order valence-electron chi connectivity index (χ2n) is 4.29. The zero-order chi connectivity index (χ0) is 11.4. The second kappa shape index (κ2) is 4.79. The van der Waals surface area contributed by atoms with Crippen LogP contribution in [0.2, 0.25) is 0 Å². The minimum absolute atomic E-state index is 0.175. The first-order valence-corrected chi connectivity index (χ1v) is 4.50. The number of hydrogen-bond acceptors (Lipinski definition) is 3. The van der Waals surface area contributed by atoms with Crippen LogP contribution in [0.1, 0.15) is 34.6 Å². The molecule has 0 unspecified atom stereocenters. The number of nitrogens with zero attached hydrogens (tertiary/aromatic N) is 1. The van der Waals surface area contributed by atoms with Gasteiger partial charge in [0.25, 0.3) is 5.91 Å². The van der Waals surface area contributed by atoms with E-state index in [0.717, 1.165) is 0 Å². The highest BCUT2D eigenvalue weighted by Gasteiger charge is 2.15. The molecule has 2 N–H and O–H groups in total. The molecule has 14 heavy (non-hydrogen) atoms. The molecule has 80 valence electrons. The molecule has 0 aromatic carbocycles. The third kappa shape index (κ3) is 6.22. The maximum absolute atomic E-state index is 11.5. The largest absolute Gasteiger partial charge is 0.346 e. The van der Waals surface area contributed by atoms with Crippen molar-refractivity contribution in [2.45, 2.75) is 40.2 Å². The van der Waals surface area contributed by atoms with Crippen molar-refractivity contribution in [3.63, 3.8) is 0 Å². The van der Waals surface area contributed by atoms with Gasteiger partial charge in [-0.1, -0.05) is 6.58 Å². The fourth-order valence-corrected chi connectivity index (χ4v) is 0.661. The van der Waals surface area contributed by atoms with E-state index in [-0.39, 0.29) is 11.4 Å². The van der Waals surface area contributed by atoms with Gasteiger partial charge in [-0.25, -0.2) is 0 Å². The molecule has 0 bridgehead atoms. The van der Waals surface area contributed by atoms with Gasteiger partial charge in [0, 0.05) is 11.2 Å². The van der Waals surface area contributed by atoms with Gasteiger partial charge in [0.1, 0.15) is 5.71 Å². The molecule has 4 heteroatoms. The second-order valence-corrected chi connectivity index (χ2v) is 4.29. The fourth-order valence-electron chi connectivity index (χ4n) is 0.661. The van der Waals surface area contributed by atoms with Crippen LogP contribution in [0.4, 0.5) is 0 Å². The summed E-state index contributed by atoms with van der Waals surface area (Å²) >= 11 is 0. The molecule has 0 aliphatic heterocycles. The van der Waals surface area contributed by atoms with Gasteiger partial charge in [0.2, 0.25) is 0 Å². The fraction of sp³-hybridized carbons (Fsp3) is 0.600. The normalized spacial score (nSPS) is 12.2. The van der Waals surface area contributed by atoms with Crippen LogP contribution in [0.15, 0.2) is 17.4 Å². The molecule has 0 heterocycles. The first-order chi connectivity index (χ1) is 6.22. The van der Waals surface area contributed by atoms with Crippen LogP contribution in [-0.2, 0) is 4.79 Å². The van der Waals surface area contributed by atoms with E-state index in [2.05, 4.69) is 22.4 Å². The summed E-state index contributed by atoms with van der Waals surface area (Å²) < 4.78 is 0. The Morgan fingerprint density at radius 1 is 1.29 bits per heavy atom. The Morgan fingerprint density at radius 2 is 1.79 bits per heavy atom. The summed E-state index contributed by atoms with van der Waals surface area (Å²) in [6.45, 7) is 12.8. The van der Waals surface area contributed by atoms with E-state index in [1.807, 2.05) is 20.8 Å². The van der Waals surface area contributed by atoms with E-state index in [1.54, 1.807) is 13.8 Å². The average molecular weight is 197 g/mol. The lowest BCUT2D eigenvalue weighted by atomic mass is 10.1. The molecule has 0 rings (SSSR count). The van der Waals surface area contributed by atoms with Gasteiger partial charge in [-0.3, -0.25) is 10.2 Å². The number of carbonyl (C=O) groups is 1. The van der Waals surface area contributed by atoms with Crippen LogP contribution in [0.25, 0.3) is 0 Å². The highest BCUT2D eigenvalue weighted by Crippen LogP contribution is 1.98. The number of allylic oxidation sites excluding steroid dienone is 1. The van der Waals surface area contributed by atoms with Crippen molar-refractivity contribution >= 4 is 11.6 Å². The first kappa shape index (κ1) is 12.7. The molecule has 4 nitrogen and oxygen atoms in total. The lowest BCUT2D eigenvalue weighted by Gasteiger charge is -2.20. The van der Waals surface area contributed by atoms with Gasteiger partial charge in [-0.2, -0.15) is 5.10 Å². The zero-order valence-corrected chi connectivity index (χ0v) is 9.56. The molecule has 0 atom stereocenters. The number of hydrazone groups is 1. The monoisotopic (exact) mass is 197 g/mol. The molecule has 0 aliphatic rings. The van der Waals surface area contributed by atoms with Gasteiger partial charge in [-0.15, -0.1) is 0 Å². The third-order valence-electron chi connectivity index (χ3n) is 1.23. The Kier molecular flexibility index (Phi) is 4.34. The maximum atomic E-state index is 11.5. The van der Waals surface area contributed by atoms with Crippen molar-refractivity contribution < 1.29 is 4.79 Å². The number of carbonyl (C=O) groups excluding carboxylic acids is 1. The van der Waals surface area contributed by atoms with Crippen molar-refractivity contribution in [2.75, 3.05) is 0 Å². The van der Waals surface area contributed by atoms with Crippen molar-refractivity contribution in [1.29, 1.82) is 0 Å². The van der Waals surface area contributed by atoms with Crippen molar-refractivity contribution in [2.24, 2.45) is 5.10 Å². The molecule has 0 saturated heterocycles. The lowest BCUT2D eigenvalue weighted by Crippen LogP contribution is -2.43. The van der Waals surface area contributed by atoms with Crippen LogP contribution >= 0.6 is 0 Å². The number of amides is 1. The molecule has 0 saturated carbocycles. The van der Waals surface area contributed by atoms with E-state index < -0.39 is 0 Å². The Labute approximate surface area is 85.5 Å². The van der Waals surface area contributed by atoms with E-state index in [4.69, 9.17) is 0 Å². The smallest absolute Gasteiger partial charge is 0.267 e. The minimum Gasteiger partial charge on any atom is -0.346 e. The van der Waals surface area contributed by atoms with Gasteiger partial charge < -0.3 is 5.32 Å². The summed E-state index contributed by atoms with van der Waals surface area (Å²) in [7, 11) is 0. The van der Waals surface area contributed by atoms with Gasteiger partial charge in [-0.05, 0) is 34.6 Å². The van der Waals surface area contributed by atoms with Crippen LogP contribution < -0.4 is 10.7 Å². The lowest BCUT2D eigenvalue weighted by molar-refractivity contribution is -0.116. The molecule has 0 radical (unpaired) electrons. The Morgan fingerprint density at radius 3 is 2.14 bits per heavy atom. The van der Waals surface area contributed by atoms with E-state index in [9.17, 15) is 4.79 Å². The summed E-state index contributed by atoms with van der Waals surface area (Å²) in [5.41, 5.74) is 3.50. The Balaban J connectivity index is 4.26. The van der Waals surface area contributed by atoms with Gasteiger partial charge >= 0.3 is 0 Å². The SMILES string of the molecule is C=C(C)N/N=C(\C)C(=O)NC(C)(C)C. The number of nitrogens with one attached hydrogen (secondary N) is 2. The molecule has 1 amide bonds. The minimum atomic E-state index is -0.239. The molecule has 0 fully saturated rings. The predicted molar refractivity (Wildman–Crippen MR) is 59.0 cm³/mol. The van der Waals surface area contributed by atoms with Crippen molar-refractivity contribution in [3.05, 3.63) is 12.3 Å². The van der Waals surface area contributed by atoms with Crippen LogP contribution in [0.3, 0.4) is 0 Å². The van der Waals surface area contributed by atoms with E-state index in [0.29, 0.717) is 11.4 Å². The van der Waals surface area contributed by atoms with Crippen LogP contribution in [0.5, 0.6) is 0 Å². The third-order valence-corrected chi connectivity index (χ3v) is 1.23. The molecule has 0 spiro atoms. The summed E-state index contributed by atoms with van der Waals surface area (Å²) in [5.74, 6) is -0.175. The first-order valence-electron chi connectivity index (χ1n) is 4.50. The topological polar surface area (TPSA) is 53.5 Å². The van der Waals surface area contributed by atoms with E-state index in [1.165, 1.54) is 0 Å². The number of hydrogen-bond donors (Lipinski definition) is 2. The molecule has 0 aromatic rings. The quantitative estimate of drug-likeness (QED) is 0.531.